The van der Waals surface area contributed by atoms with E-state index in [9.17, 15) is 0 Å². The van der Waals surface area contributed by atoms with E-state index in [-0.39, 0.29) is 0 Å². The van der Waals surface area contributed by atoms with Gasteiger partial charge in [0, 0.05) is 5.41 Å². The SMILES string of the molecule is C[C@@H]1OC[C@]1(C)C(C)(C)C. The van der Waals surface area contributed by atoms with Gasteiger partial charge in [-0.1, -0.05) is 27.7 Å². The average molecular weight is 142 g/mol. The highest BCUT2D eigenvalue weighted by Gasteiger charge is 2.49. The van der Waals surface area contributed by atoms with Crippen molar-refractivity contribution in [2.45, 2.75) is 40.7 Å². The van der Waals surface area contributed by atoms with Crippen LogP contribution in [-0.2, 0) is 4.74 Å². The zero-order valence-corrected chi connectivity index (χ0v) is 7.69. The van der Waals surface area contributed by atoms with E-state index in [2.05, 4.69) is 34.6 Å². The first-order chi connectivity index (χ1) is 4.38. The fourth-order valence-corrected chi connectivity index (χ4v) is 1.33. The van der Waals surface area contributed by atoms with Crippen LogP contribution in [0.2, 0.25) is 0 Å². The van der Waals surface area contributed by atoms with Crippen molar-refractivity contribution in [2.24, 2.45) is 10.8 Å². The van der Waals surface area contributed by atoms with E-state index in [4.69, 9.17) is 4.74 Å². The van der Waals surface area contributed by atoms with Gasteiger partial charge in [0.2, 0.25) is 0 Å². The van der Waals surface area contributed by atoms with Crippen LogP contribution in [0.5, 0.6) is 0 Å². The van der Waals surface area contributed by atoms with Crippen molar-refractivity contribution < 1.29 is 4.74 Å². The third-order valence-electron chi connectivity index (χ3n) is 3.24. The van der Waals surface area contributed by atoms with E-state index < -0.39 is 0 Å². The fourth-order valence-electron chi connectivity index (χ4n) is 1.33. The molecule has 1 heterocycles. The lowest BCUT2D eigenvalue weighted by Gasteiger charge is -2.53. The molecule has 1 saturated heterocycles. The first kappa shape index (κ1) is 8.06. The predicted octanol–water partition coefficient (Wildman–Crippen LogP) is 2.46. The third kappa shape index (κ3) is 0.878. The standard InChI is InChI=1S/C9H18O/c1-7-9(5,6-10-7)8(2,3)4/h7H,6H2,1-5H3/t7-,9-/m0/s1. The zero-order chi connectivity index (χ0) is 7.99. The van der Waals surface area contributed by atoms with Gasteiger partial charge in [0.05, 0.1) is 12.7 Å². The molecule has 1 fully saturated rings. The molecule has 0 amide bonds. The van der Waals surface area contributed by atoms with Crippen molar-refractivity contribution >= 4 is 0 Å². The summed E-state index contributed by atoms with van der Waals surface area (Å²) in [4.78, 5) is 0. The molecule has 0 unspecified atom stereocenters. The van der Waals surface area contributed by atoms with Crippen molar-refractivity contribution in [2.75, 3.05) is 6.61 Å². The molecule has 1 aliphatic rings. The molecule has 0 radical (unpaired) electrons. The molecule has 1 heteroatoms. The Bertz CT molecular complexity index is 134. The lowest BCUT2D eigenvalue weighted by molar-refractivity contribution is -0.215. The first-order valence-corrected chi connectivity index (χ1v) is 3.99. The molecular weight excluding hydrogens is 124 g/mol. The Balaban J connectivity index is 2.70. The van der Waals surface area contributed by atoms with Gasteiger partial charge in [0.25, 0.3) is 0 Å². The van der Waals surface area contributed by atoms with Crippen LogP contribution >= 0.6 is 0 Å². The zero-order valence-electron chi connectivity index (χ0n) is 7.69. The highest BCUT2D eigenvalue weighted by Crippen LogP contribution is 2.48. The minimum atomic E-state index is 0.380. The number of ether oxygens (including phenoxy) is 1. The van der Waals surface area contributed by atoms with Crippen LogP contribution in [0.4, 0.5) is 0 Å². The van der Waals surface area contributed by atoms with Crippen molar-refractivity contribution in [3.63, 3.8) is 0 Å². The van der Waals surface area contributed by atoms with Crippen LogP contribution < -0.4 is 0 Å². The molecule has 1 rings (SSSR count). The Kier molecular flexibility index (Phi) is 1.59. The molecule has 0 aromatic heterocycles. The second kappa shape index (κ2) is 1.97. The summed E-state index contributed by atoms with van der Waals surface area (Å²) in [5.41, 5.74) is 0.775. The lowest BCUT2D eigenvalue weighted by Crippen LogP contribution is -2.55. The number of hydrogen-bond donors (Lipinski definition) is 0. The van der Waals surface area contributed by atoms with Gasteiger partial charge in [-0.15, -0.1) is 0 Å². The van der Waals surface area contributed by atoms with Gasteiger partial charge >= 0.3 is 0 Å². The Labute approximate surface area is 63.8 Å². The molecule has 1 aliphatic heterocycles. The quantitative estimate of drug-likeness (QED) is 0.505. The van der Waals surface area contributed by atoms with Gasteiger partial charge in [-0.3, -0.25) is 0 Å². The Morgan fingerprint density at radius 2 is 1.90 bits per heavy atom. The summed E-state index contributed by atoms with van der Waals surface area (Å²) in [6.07, 6.45) is 0.438. The molecule has 0 aromatic rings. The summed E-state index contributed by atoms with van der Waals surface area (Å²) in [6, 6.07) is 0. The van der Waals surface area contributed by atoms with E-state index in [1.165, 1.54) is 0 Å². The van der Waals surface area contributed by atoms with E-state index in [1.807, 2.05) is 0 Å². The number of rotatable bonds is 0. The van der Waals surface area contributed by atoms with E-state index in [0.717, 1.165) is 6.61 Å². The van der Waals surface area contributed by atoms with Crippen LogP contribution in [0.15, 0.2) is 0 Å². The molecule has 0 N–H and O–H groups in total. The van der Waals surface area contributed by atoms with Gasteiger partial charge in [-0.25, -0.2) is 0 Å². The molecular formula is C9H18O. The summed E-state index contributed by atoms with van der Waals surface area (Å²) in [5.74, 6) is 0. The molecule has 10 heavy (non-hydrogen) atoms. The average Bonchev–Trinajstić information content (AvgIpc) is 1.80. The Morgan fingerprint density at radius 3 is 1.90 bits per heavy atom. The second-order valence-electron chi connectivity index (χ2n) is 4.62. The molecule has 0 saturated carbocycles. The van der Waals surface area contributed by atoms with Gasteiger partial charge in [-0.2, -0.15) is 0 Å². The molecule has 0 spiro atoms. The van der Waals surface area contributed by atoms with E-state index in [0.29, 0.717) is 16.9 Å². The first-order valence-electron chi connectivity index (χ1n) is 3.99. The van der Waals surface area contributed by atoms with Crippen molar-refractivity contribution in [3.05, 3.63) is 0 Å². The van der Waals surface area contributed by atoms with Gasteiger partial charge in [-0.05, 0) is 12.3 Å². The topological polar surface area (TPSA) is 9.23 Å². The molecule has 0 aromatic carbocycles. The fraction of sp³-hybridized carbons (Fsp3) is 1.00. The highest BCUT2D eigenvalue weighted by atomic mass is 16.5. The summed E-state index contributed by atoms with van der Waals surface area (Å²) in [7, 11) is 0. The van der Waals surface area contributed by atoms with Crippen LogP contribution in [0.3, 0.4) is 0 Å². The molecule has 60 valence electrons. The maximum absolute atomic E-state index is 5.37. The smallest absolute Gasteiger partial charge is 0.0627 e. The van der Waals surface area contributed by atoms with E-state index in [1.54, 1.807) is 0 Å². The van der Waals surface area contributed by atoms with Crippen molar-refractivity contribution in [1.82, 2.24) is 0 Å². The maximum Gasteiger partial charge on any atom is 0.0627 e. The van der Waals surface area contributed by atoms with Gasteiger partial charge in [0.1, 0.15) is 0 Å². The summed E-state index contributed by atoms with van der Waals surface area (Å²) >= 11 is 0. The minimum Gasteiger partial charge on any atom is -0.377 e. The van der Waals surface area contributed by atoms with Crippen LogP contribution in [0, 0.1) is 10.8 Å². The minimum absolute atomic E-state index is 0.380. The Hall–Kier alpha value is -0.0400. The van der Waals surface area contributed by atoms with Crippen LogP contribution in [-0.4, -0.2) is 12.7 Å². The molecule has 2 atom stereocenters. The van der Waals surface area contributed by atoms with Gasteiger partial charge < -0.3 is 4.74 Å². The normalized spacial score (nSPS) is 41.1. The van der Waals surface area contributed by atoms with Crippen LogP contribution in [0.25, 0.3) is 0 Å². The molecule has 0 aliphatic carbocycles. The van der Waals surface area contributed by atoms with E-state index >= 15 is 0 Å². The predicted molar refractivity (Wildman–Crippen MR) is 43.0 cm³/mol. The second-order valence-corrected chi connectivity index (χ2v) is 4.62. The number of hydrogen-bond acceptors (Lipinski definition) is 1. The van der Waals surface area contributed by atoms with Crippen molar-refractivity contribution in [1.29, 1.82) is 0 Å². The molecule has 1 nitrogen and oxygen atoms in total. The molecule has 0 bridgehead atoms. The summed E-state index contributed by atoms with van der Waals surface area (Å²) < 4.78 is 5.37. The third-order valence-corrected chi connectivity index (χ3v) is 3.24. The highest BCUT2D eigenvalue weighted by molar-refractivity contribution is 4.96. The largest absolute Gasteiger partial charge is 0.377 e. The maximum atomic E-state index is 5.37. The van der Waals surface area contributed by atoms with Gasteiger partial charge in [0.15, 0.2) is 0 Å². The van der Waals surface area contributed by atoms with Crippen LogP contribution in [0.1, 0.15) is 34.6 Å². The summed E-state index contributed by atoms with van der Waals surface area (Å²) in [6.45, 7) is 12.2. The van der Waals surface area contributed by atoms with Crippen molar-refractivity contribution in [3.8, 4) is 0 Å². The lowest BCUT2D eigenvalue weighted by atomic mass is 9.62. The summed E-state index contributed by atoms with van der Waals surface area (Å²) in [5, 5.41) is 0. The Morgan fingerprint density at radius 1 is 1.40 bits per heavy atom. The monoisotopic (exact) mass is 142 g/mol.